The summed E-state index contributed by atoms with van der Waals surface area (Å²) < 4.78 is 4.84. The predicted molar refractivity (Wildman–Crippen MR) is 42.8 cm³/mol. The summed E-state index contributed by atoms with van der Waals surface area (Å²) in [5, 5.41) is 8.69. The van der Waals surface area contributed by atoms with Crippen LogP contribution < -0.4 is 4.74 Å². The van der Waals surface area contributed by atoms with Gasteiger partial charge in [-0.3, -0.25) is 0 Å². The SMILES string of the molecule is COc1nc(C)c(C#N)c(C)n1. The molecule has 12 heavy (non-hydrogen) atoms. The lowest BCUT2D eigenvalue weighted by molar-refractivity contribution is 0.377. The highest BCUT2D eigenvalue weighted by atomic mass is 16.5. The highest BCUT2D eigenvalue weighted by molar-refractivity contribution is 5.36. The molecule has 4 heteroatoms. The molecule has 4 nitrogen and oxygen atoms in total. The summed E-state index contributed by atoms with van der Waals surface area (Å²) in [6, 6.07) is 2.34. The fourth-order valence-corrected chi connectivity index (χ4v) is 0.939. The van der Waals surface area contributed by atoms with Crippen LogP contribution in [0.5, 0.6) is 6.01 Å². The maximum atomic E-state index is 8.69. The van der Waals surface area contributed by atoms with Crippen LogP contribution in [0, 0.1) is 25.2 Å². The molecule has 0 atom stereocenters. The number of nitriles is 1. The van der Waals surface area contributed by atoms with Gasteiger partial charge in [-0.1, -0.05) is 0 Å². The largest absolute Gasteiger partial charge is 0.467 e. The van der Waals surface area contributed by atoms with Crippen LogP contribution in [0.2, 0.25) is 0 Å². The molecule has 0 unspecified atom stereocenters. The van der Waals surface area contributed by atoms with Crippen LogP contribution in [0.15, 0.2) is 0 Å². The van der Waals surface area contributed by atoms with E-state index in [1.807, 2.05) is 6.07 Å². The van der Waals surface area contributed by atoms with E-state index in [4.69, 9.17) is 10.00 Å². The molecule has 0 aliphatic heterocycles. The summed E-state index contributed by atoms with van der Waals surface area (Å²) in [5.74, 6) is 0. The molecule has 0 N–H and O–H groups in total. The Balaban J connectivity index is 3.30. The first-order chi connectivity index (χ1) is 5.69. The van der Waals surface area contributed by atoms with Crippen molar-refractivity contribution in [2.45, 2.75) is 13.8 Å². The first kappa shape index (κ1) is 8.47. The molecule has 0 spiro atoms. The Kier molecular flexibility index (Phi) is 2.24. The first-order valence-electron chi connectivity index (χ1n) is 3.48. The third-order valence-electron chi connectivity index (χ3n) is 1.54. The number of nitrogens with zero attached hydrogens (tertiary/aromatic N) is 3. The van der Waals surface area contributed by atoms with Crippen molar-refractivity contribution < 1.29 is 4.74 Å². The quantitative estimate of drug-likeness (QED) is 0.619. The van der Waals surface area contributed by atoms with Gasteiger partial charge in [0.25, 0.3) is 0 Å². The van der Waals surface area contributed by atoms with E-state index >= 15 is 0 Å². The van der Waals surface area contributed by atoms with E-state index in [0.29, 0.717) is 23.0 Å². The molecule has 0 aliphatic rings. The van der Waals surface area contributed by atoms with E-state index in [2.05, 4.69) is 9.97 Å². The molecule has 0 aromatic carbocycles. The lowest BCUT2D eigenvalue weighted by Crippen LogP contribution is -2.00. The molecular weight excluding hydrogens is 154 g/mol. The Labute approximate surface area is 70.8 Å². The molecule has 0 aliphatic carbocycles. The third kappa shape index (κ3) is 1.35. The van der Waals surface area contributed by atoms with Crippen molar-refractivity contribution in [2.75, 3.05) is 7.11 Å². The Morgan fingerprint density at radius 3 is 2.08 bits per heavy atom. The van der Waals surface area contributed by atoms with Crippen molar-refractivity contribution in [3.05, 3.63) is 17.0 Å². The van der Waals surface area contributed by atoms with Crippen LogP contribution in [-0.2, 0) is 0 Å². The average Bonchev–Trinajstić information content (AvgIpc) is 2.03. The molecule has 0 saturated heterocycles. The van der Waals surface area contributed by atoms with Crippen molar-refractivity contribution in [1.82, 2.24) is 9.97 Å². The molecule has 1 aromatic rings. The van der Waals surface area contributed by atoms with E-state index in [9.17, 15) is 0 Å². The van der Waals surface area contributed by atoms with Gasteiger partial charge in [-0.05, 0) is 13.8 Å². The van der Waals surface area contributed by atoms with Gasteiger partial charge in [0.05, 0.1) is 24.1 Å². The number of aryl methyl sites for hydroxylation is 2. The Morgan fingerprint density at radius 1 is 1.25 bits per heavy atom. The molecule has 0 radical (unpaired) electrons. The van der Waals surface area contributed by atoms with Gasteiger partial charge in [0.1, 0.15) is 6.07 Å². The molecule has 0 fully saturated rings. The summed E-state index contributed by atoms with van der Waals surface area (Å²) >= 11 is 0. The van der Waals surface area contributed by atoms with Crippen LogP contribution in [0.4, 0.5) is 0 Å². The van der Waals surface area contributed by atoms with Crippen molar-refractivity contribution in [1.29, 1.82) is 5.26 Å². The van der Waals surface area contributed by atoms with Crippen molar-refractivity contribution in [3.63, 3.8) is 0 Å². The monoisotopic (exact) mass is 163 g/mol. The van der Waals surface area contributed by atoms with Crippen LogP contribution in [0.3, 0.4) is 0 Å². The van der Waals surface area contributed by atoms with Crippen LogP contribution >= 0.6 is 0 Å². The van der Waals surface area contributed by atoms with Gasteiger partial charge in [-0.2, -0.15) is 15.2 Å². The second-order valence-electron chi connectivity index (χ2n) is 2.37. The maximum absolute atomic E-state index is 8.69. The van der Waals surface area contributed by atoms with Crippen molar-refractivity contribution in [3.8, 4) is 12.1 Å². The standard InChI is InChI=1S/C8H9N3O/c1-5-7(4-9)6(2)11-8(10-5)12-3/h1-3H3. The molecule has 1 aromatic heterocycles. The van der Waals surface area contributed by atoms with Crippen molar-refractivity contribution in [2.24, 2.45) is 0 Å². The lowest BCUT2D eigenvalue weighted by atomic mass is 10.2. The van der Waals surface area contributed by atoms with E-state index in [-0.39, 0.29) is 0 Å². The minimum Gasteiger partial charge on any atom is -0.467 e. The minimum absolute atomic E-state index is 0.309. The molecule has 1 heterocycles. The zero-order valence-corrected chi connectivity index (χ0v) is 7.25. The highest BCUT2D eigenvalue weighted by Crippen LogP contribution is 2.11. The Bertz CT molecular complexity index is 318. The third-order valence-corrected chi connectivity index (χ3v) is 1.54. The molecule has 0 bridgehead atoms. The van der Waals surface area contributed by atoms with Gasteiger partial charge in [-0.25, -0.2) is 0 Å². The van der Waals surface area contributed by atoms with Crippen LogP contribution in [-0.4, -0.2) is 17.1 Å². The number of rotatable bonds is 1. The average molecular weight is 163 g/mol. The van der Waals surface area contributed by atoms with E-state index in [1.54, 1.807) is 13.8 Å². The number of hydrogen-bond acceptors (Lipinski definition) is 4. The molecule has 62 valence electrons. The zero-order chi connectivity index (χ0) is 9.14. The second-order valence-corrected chi connectivity index (χ2v) is 2.37. The van der Waals surface area contributed by atoms with Crippen LogP contribution in [0.1, 0.15) is 17.0 Å². The van der Waals surface area contributed by atoms with Gasteiger partial charge < -0.3 is 4.74 Å². The summed E-state index contributed by atoms with van der Waals surface area (Å²) in [7, 11) is 1.50. The van der Waals surface area contributed by atoms with Gasteiger partial charge in [0.2, 0.25) is 0 Å². The highest BCUT2D eigenvalue weighted by Gasteiger charge is 2.06. The van der Waals surface area contributed by atoms with Crippen LogP contribution in [0.25, 0.3) is 0 Å². The Hall–Kier alpha value is -1.63. The smallest absolute Gasteiger partial charge is 0.316 e. The fourth-order valence-electron chi connectivity index (χ4n) is 0.939. The van der Waals surface area contributed by atoms with E-state index in [1.165, 1.54) is 7.11 Å². The zero-order valence-electron chi connectivity index (χ0n) is 7.25. The summed E-state index contributed by atoms with van der Waals surface area (Å²) in [5.41, 5.74) is 1.83. The topological polar surface area (TPSA) is 58.8 Å². The van der Waals surface area contributed by atoms with Gasteiger partial charge in [0, 0.05) is 0 Å². The number of aromatic nitrogens is 2. The molecular formula is C8H9N3O. The van der Waals surface area contributed by atoms with Crippen molar-refractivity contribution >= 4 is 0 Å². The Morgan fingerprint density at radius 2 is 1.75 bits per heavy atom. The number of methoxy groups -OCH3 is 1. The minimum atomic E-state index is 0.309. The maximum Gasteiger partial charge on any atom is 0.316 e. The first-order valence-corrected chi connectivity index (χ1v) is 3.48. The van der Waals surface area contributed by atoms with Gasteiger partial charge in [-0.15, -0.1) is 0 Å². The van der Waals surface area contributed by atoms with E-state index < -0.39 is 0 Å². The summed E-state index contributed by atoms with van der Waals surface area (Å²) in [6.07, 6.45) is 0. The van der Waals surface area contributed by atoms with Gasteiger partial charge >= 0.3 is 6.01 Å². The summed E-state index contributed by atoms with van der Waals surface area (Å²) in [4.78, 5) is 7.93. The lowest BCUT2D eigenvalue weighted by Gasteiger charge is -2.02. The second kappa shape index (κ2) is 3.18. The normalized spacial score (nSPS) is 9.17. The summed E-state index contributed by atoms with van der Waals surface area (Å²) in [6.45, 7) is 3.52. The number of ether oxygens (including phenoxy) is 1. The molecule has 0 amide bonds. The van der Waals surface area contributed by atoms with E-state index in [0.717, 1.165) is 0 Å². The molecule has 1 rings (SSSR count). The predicted octanol–water partition coefficient (Wildman–Crippen LogP) is 0.974. The number of hydrogen-bond donors (Lipinski definition) is 0. The fraction of sp³-hybridized carbons (Fsp3) is 0.375. The van der Waals surface area contributed by atoms with Gasteiger partial charge in [0.15, 0.2) is 0 Å². The molecule has 0 saturated carbocycles.